The van der Waals surface area contributed by atoms with Crippen LogP contribution in [0.25, 0.3) is 0 Å². The highest BCUT2D eigenvalue weighted by Gasteiger charge is 2.29. The number of hydrogen-bond donors (Lipinski definition) is 1. The van der Waals surface area contributed by atoms with Crippen LogP contribution in [0.2, 0.25) is 0 Å². The number of ether oxygens (including phenoxy) is 1. The highest BCUT2D eigenvalue weighted by Crippen LogP contribution is 2.33. The number of thioether (sulfide) groups is 1. The zero-order valence-corrected chi connectivity index (χ0v) is 13.9. The van der Waals surface area contributed by atoms with E-state index in [2.05, 4.69) is 29.6 Å². The molecule has 1 aliphatic carbocycles. The molecule has 1 amide bonds. The zero-order valence-electron chi connectivity index (χ0n) is 13.1. The minimum Gasteiger partial charge on any atom is -0.444 e. The van der Waals surface area contributed by atoms with E-state index < -0.39 is 5.60 Å². The van der Waals surface area contributed by atoms with Crippen LogP contribution in [0.3, 0.4) is 0 Å². The van der Waals surface area contributed by atoms with Gasteiger partial charge in [-0.05, 0) is 45.7 Å². The highest BCUT2D eigenvalue weighted by atomic mass is 32.2. The summed E-state index contributed by atoms with van der Waals surface area (Å²) in [6.07, 6.45) is 4.28. The number of amides is 1. The van der Waals surface area contributed by atoms with Crippen molar-refractivity contribution in [3.8, 4) is 0 Å². The summed E-state index contributed by atoms with van der Waals surface area (Å²) in [5.74, 6) is 0. The topological polar surface area (TPSA) is 38.3 Å². The molecule has 1 saturated carbocycles. The van der Waals surface area contributed by atoms with E-state index in [1.807, 2.05) is 38.6 Å². The van der Waals surface area contributed by atoms with Crippen molar-refractivity contribution in [1.82, 2.24) is 5.32 Å². The summed E-state index contributed by atoms with van der Waals surface area (Å²) in [5.41, 5.74) is -0.444. The van der Waals surface area contributed by atoms with Crippen molar-refractivity contribution in [2.75, 3.05) is 0 Å². The van der Waals surface area contributed by atoms with Gasteiger partial charge in [0.15, 0.2) is 0 Å². The first-order valence-electron chi connectivity index (χ1n) is 7.65. The molecular weight excluding hydrogens is 282 g/mol. The molecule has 1 aromatic rings. The van der Waals surface area contributed by atoms with Crippen LogP contribution in [0.5, 0.6) is 0 Å². The summed E-state index contributed by atoms with van der Waals surface area (Å²) in [4.78, 5) is 13.2. The van der Waals surface area contributed by atoms with E-state index in [4.69, 9.17) is 4.74 Å². The standard InChI is InChI=1S/C17H25NO2S/c1-17(2,3)20-16(19)18-14-11-7-8-12-15(14)21-13-9-5-4-6-10-13/h4-6,9-10,14-15H,7-8,11-12H2,1-3H3,(H,18,19)/t14-,15-/m0/s1. The lowest BCUT2D eigenvalue weighted by Crippen LogP contribution is -2.45. The number of carbonyl (C=O) groups is 1. The number of nitrogens with one attached hydrogen (secondary N) is 1. The second-order valence-electron chi connectivity index (χ2n) is 6.51. The van der Waals surface area contributed by atoms with E-state index in [0.29, 0.717) is 5.25 Å². The minimum absolute atomic E-state index is 0.193. The van der Waals surface area contributed by atoms with Gasteiger partial charge in [-0.1, -0.05) is 31.0 Å². The van der Waals surface area contributed by atoms with Gasteiger partial charge in [-0.3, -0.25) is 0 Å². The Labute approximate surface area is 131 Å². The maximum Gasteiger partial charge on any atom is 0.407 e. The largest absolute Gasteiger partial charge is 0.444 e. The Hall–Kier alpha value is -1.16. The molecule has 2 atom stereocenters. The summed E-state index contributed by atoms with van der Waals surface area (Å²) in [5, 5.41) is 3.49. The third-order valence-corrected chi connectivity index (χ3v) is 4.85. The van der Waals surface area contributed by atoms with E-state index in [1.54, 1.807) is 0 Å². The monoisotopic (exact) mass is 307 g/mol. The fourth-order valence-corrected chi connectivity index (χ4v) is 3.85. The van der Waals surface area contributed by atoms with Gasteiger partial charge in [-0.15, -0.1) is 11.8 Å². The molecule has 2 rings (SSSR count). The molecule has 1 N–H and O–H groups in total. The molecule has 0 unspecified atom stereocenters. The molecule has 0 bridgehead atoms. The zero-order chi connectivity index (χ0) is 15.3. The van der Waals surface area contributed by atoms with Crippen molar-refractivity contribution in [1.29, 1.82) is 0 Å². The second-order valence-corrected chi connectivity index (χ2v) is 7.82. The van der Waals surface area contributed by atoms with E-state index >= 15 is 0 Å². The smallest absolute Gasteiger partial charge is 0.407 e. The number of alkyl carbamates (subject to hydrolysis) is 1. The Balaban J connectivity index is 1.94. The van der Waals surface area contributed by atoms with E-state index in [0.717, 1.165) is 12.8 Å². The average molecular weight is 307 g/mol. The maximum absolute atomic E-state index is 12.0. The second kappa shape index (κ2) is 7.21. The first-order valence-corrected chi connectivity index (χ1v) is 8.53. The molecule has 0 aromatic heterocycles. The summed E-state index contributed by atoms with van der Waals surface area (Å²) in [6.45, 7) is 5.68. The third-order valence-electron chi connectivity index (χ3n) is 3.44. The van der Waals surface area contributed by atoms with Crippen LogP contribution in [-0.4, -0.2) is 23.0 Å². The van der Waals surface area contributed by atoms with Gasteiger partial charge < -0.3 is 10.1 Å². The van der Waals surface area contributed by atoms with Gasteiger partial charge in [0.2, 0.25) is 0 Å². The molecule has 0 spiro atoms. The van der Waals surface area contributed by atoms with Crippen molar-refractivity contribution < 1.29 is 9.53 Å². The van der Waals surface area contributed by atoms with Gasteiger partial charge in [0.05, 0.1) is 0 Å². The SMILES string of the molecule is CC(C)(C)OC(=O)N[C@H]1CCCC[C@@H]1Sc1ccccc1. The summed E-state index contributed by atoms with van der Waals surface area (Å²) in [7, 11) is 0. The van der Waals surface area contributed by atoms with Gasteiger partial charge in [0.25, 0.3) is 0 Å². The lowest BCUT2D eigenvalue weighted by Gasteiger charge is -2.32. The van der Waals surface area contributed by atoms with Gasteiger partial charge in [0.1, 0.15) is 5.60 Å². The normalized spacial score (nSPS) is 22.6. The van der Waals surface area contributed by atoms with Crippen LogP contribution < -0.4 is 5.32 Å². The van der Waals surface area contributed by atoms with Crippen LogP contribution in [0.1, 0.15) is 46.5 Å². The molecular formula is C17H25NO2S. The fraction of sp³-hybridized carbons (Fsp3) is 0.588. The summed E-state index contributed by atoms with van der Waals surface area (Å²) in [6, 6.07) is 10.6. The minimum atomic E-state index is -0.444. The number of benzene rings is 1. The maximum atomic E-state index is 12.0. The Morgan fingerprint density at radius 1 is 1.19 bits per heavy atom. The molecule has 0 aliphatic heterocycles. The van der Waals surface area contributed by atoms with Crippen LogP contribution in [-0.2, 0) is 4.74 Å². The predicted molar refractivity (Wildman–Crippen MR) is 87.7 cm³/mol. The molecule has 3 nitrogen and oxygen atoms in total. The lowest BCUT2D eigenvalue weighted by atomic mass is 9.95. The van der Waals surface area contributed by atoms with E-state index in [1.165, 1.54) is 17.7 Å². The Morgan fingerprint density at radius 2 is 1.86 bits per heavy atom. The Bertz CT molecular complexity index is 456. The van der Waals surface area contributed by atoms with Crippen molar-refractivity contribution in [2.24, 2.45) is 0 Å². The van der Waals surface area contributed by atoms with E-state index in [9.17, 15) is 4.79 Å². The molecule has 116 valence electrons. The summed E-state index contributed by atoms with van der Waals surface area (Å²) < 4.78 is 5.38. The van der Waals surface area contributed by atoms with Gasteiger partial charge in [-0.2, -0.15) is 0 Å². The first-order chi connectivity index (χ1) is 9.94. The molecule has 21 heavy (non-hydrogen) atoms. The molecule has 4 heteroatoms. The van der Waals surface area contributed by atoms with Crippen LogP contribution >= 0.6 is 11.8 Å². The highest BCUT2D eigenvalue weighted by molar-refractivity contribution is 8.00. The molecule has 1 aromatic carbocycles. The third kappa shape index (κ3) is 5.62. The predicted octanol–water partition coefficient (Wildman–Crippen LogP) is 4.61. The number of carbonyl (C=O) groups excluding carboxylic acids is 1. The molecule has 1 aliphatic rings. The van der Waals surface area contributed by atoms with E-state index in [-0.39, 0.29) is 12.1 Å². The Morgan fingerprint density at radius 3 is 2.52 bits per heavy atom. The van der Waals surface area contributed by atoms with Crippen molar-refractivity contribution in [3.05, 3.63) is 30.3 Å². The number of hydrogen-bond acceptors (Lipinski definition) is 3. The average Bonchev–Trinajstić information content (AvgIpc) is 2.40. The van der Waals surface area contributed by atoms with Crippen LogP contribution in [0.4, 0.5) is 4.79 Å². The molecule has 0 heterocycles. The fourth-order valence-electron chi connectivity index (χ4n) is 2.54. The lowest BCUT2D eigenvalue weighted by molar-refractivity contribution is 0.0495. The van der Waals surface area contributed by atoms with Crippen molar-refractivity contribution >= 4 is 17.9 Å². The van der Waals surface area contributed by atoms with Gasteiger partial charge in [-0.25, -0.2) is 4.79 Å². The first kappa shape index (κ1) is 16.2. The Kier molecular flexibility index (Phi) is 5.57. The van der Waals surface area contributed by atoms with Gasteiger partial charge >= 0.3 is 6.09 Å². The van der Waals surface area contributed by atoms with Crippen molar-refractivity contribution in [2.45, 2.75) is 68.2 Å². The van der Waals surface area contributed by atoms with Crippen LogP contribution in [0, 0.1) is 0 Å². The molecule has 0 saturated heterocycles. The summed E-state index contributed by atoms with van der Waals surface area (Å²) >= 11 is 1.86. The van der Waals surface area contributed by atoms with Crippen molar-refractivity contribution in [3.63, 3.8) is 0 Å². The molecule has 0 radical (unpaired) electrons. The van der Waals surface area contributed by atoms with Crippen LogP contribution in [0.15, 0.2) is 35.2 Å². The number of rotatable bonds is 3. The molecule has 1 fully saturated rings. The van der Waals surface area contributed by atoms with Gasteiger partial charge in [0, 0.05) is 16.2 Å². The quantitative estimate of drug-likeness (QED) is 0.886.